The monoisotopic (exact) mass is 168 g/mol. The molecule has 0 unspecified atom stereocenters. The van der Waals surface area contributed by atoms with Crippen molar-refractivity contribution < 1.29 is 0 Å². The van der Waals surface area contributed by atoms with Gasteiger partial charge in [0.05, 0.1) is 0 Å². The minimum atomic E-state index is 0.716. The highest BCUT2D eigenvalue weighted by Gasteiger charge is 1.97. The molecule has 0 spiro atoms. The van der Waals surface area contributed by atoms with Gasteiger partial charge in [0.2, 0.25) is 0 Å². The lowest BCUT2D eigenvalue weighted by atomic mass is 10.0. The molecule has 2 aromatic rings. The van der Waals surface area contributed by atoms with Crippen LogP contribution in [0.2, 0.25) is 0 Å². The molecule has 0 saturated carbocycles. The molecule has 0 bridgehead atoms. The predicted octanol–water partition coefficient (Wildman–Crippen LogP) is 3.48. The Morgan fingerprint density at radius 3 is 2.54 bits per heavy atom. The largest absolute Gasteiger partial charge is 0.0616 e. The Kier molecular flexibility index (Phi) is 2.31. The van der Waals surface area contributed by atoms with E-state index in [0.717, 1.165) is 6.42 Å². The first kappa shape index (κ1) is 8.31. The fraction of sp³-hybridized carbons (Fsp3) is 0.154. The Balaban J connectivity index is 2.61. The maximum Gasteiger partial charge on any atom is -0.0152 e. The first-order chi connectivity index (χ1) is 6.42. The Hall–Kier alpha value is -1.30. The molecular formula is C13H12. The van der Waals surface area contributed by atoms with Crippen molar-refractivity contribution in [2.24, 2.45) is 0 Å². The van der Waals surface area contributed by atoms with Gasteiger partial charge in [-0.3, -0.25) is 0 Å². The standard InChI is InChI=1S/C13H12/c1-2-6-11-8-5-9-12-7-3-4-10-13(11)12/h1,3-5,7-10H,2,6H2. The van der Waals surface area contributed by atoms with E-state index in [1.807, 2.05) is 0 Å². The van der Waals surface area contributed by atoms with Gasteiger partial charge in [0.1, 0.15) is 0 Å². The third kappa shape index (κ3) is 1.57. The van der Waals surface area contributed by atoms with E-state index in [-0.39, 0.29) is 0 Å². The summed E-state index contributed by atoms with van der Waals surface area (Å²) < 4.78 is 0. The first-order valence-electron chi connectivity index (χ1n) is 4.58. The molecule has 0 heterocycles. The lowest BCUT2D eigenvalue weighted by Crippen LogP contribution is -1.84. The van der Waals surface area contributed by atoms with Crippen LogP contribution < -0.4 is 0 Å². The van der Waals surface area contributed by atoms with E-state index in [1.54, 1.807) is 0 Å². The van der Waals surface area contributed by atoms with Gasteiger partial charge < -0.3 is 0 Å². The number of hydrogen-bond acceptors (Lipinski definition) is 0. The summed E-state index contributed by atoms with van der Waals surface area (Å²) in [5.41, 5.74) is 1.35. The Labute approximate surface area is 79.2 Å². The number of fused-ring (bicyclic) bond motifs is 1. The molecule has 0 nitrogen and oxygen atoms in total. The van der Waals surface area contributed by atoms with Gasteiger partial charge in [0, 0.05) is 0 Å². The zero-order valence-corrected chi connectivity index (χ0v) is 7.53. The van der Waals surface area contributed by atoms with Gasteiger partial charge in [-0.2, -0.15) is 0 Å². The second-order valence-electron chi connectivity index (χ2n) is 3.18. The Morgan fingerprint density at radius 2 is 1.69 bits per heavy atom. The van der Waals surface area contributed by atoms with Gasteiger partial charge >= 0.3 is 0 Å². The normalized spacial score (nSPS) is 10.5. The number of rotatable bonds is 2. The molecule has 0 heteroatoms. The molecule has 0 aliphatic carbocycles. The van der Waals surface area contributed by atoms with Crippen molar-refractivity contribution in [1.29, 1.82) is 0 Å². The molecule has 0 aromatic heterocycles. The van der Waals surface area contributed by atoms with Gasteiger partial charge in [-0.15, -0.1) is 0 Å². The third-order valence-corrected chi connectivity index (χ3v) is 2.29. The molecule has 0 N–H and O–H groups in total. The van der Waals surface area contributed by atoms with E-state index < -0.39 is 0 Å². The Morgan fingerprint density at radius 1 is 0.923 bits per heavy atom. The molecule has 2 radical (unpaired) electrons. The highest BCUT2D eigenvalue weighted by molar-refractivity contribution is 5.85. The van der Waals surface area contributed by atoms with Gasteiger partial charge in [0.15, 0.2) is 0 Å². The summed E-state index contributed by atoms with van der Waals surface area (Å²) in [5, 5.41) is 2.63. The summed E-state index contributed by atoms with van der Waals surface area (Å²) in [6.45, 7) is 5.55. The maximum absolute atomic E-state index is 5.55. The fourth-order valence-electron chi connectivity index (χ4n) is 1.67. The lowest BCUT2D eigenvalue weighted by Gasteiger charge is -2.03. The SMILES string of the molecule is [CH]CCc1cccc2ccccc12. The van der Waals surface area contributed by atoms with E-state index in [9.17, 15) is 0 Å². The van der Waals surface area contributed by atoms with Crippen LogP contribution in [0.4, 0.5) is 0 Å². The highest BCUT2D eigenvalue weighted by Crippen LogP contribution is 2.19. The van der Waals surface area contributed by atoms with E-state index in [2.05, 4.69) is 42.5 Å². The van der Waals surface area contributed by atoms with Crippen LogP contribution in [-0.2, 0) is 6.42 Å². The van der Waals surface area contributed by atoms with Crippen LogP contribution >= 0.6 is 0 Å². The zero-order valence-electron chi connectivity index (χ0n) is 7.53. The number of hydrogen-bond donors (Lipinski definition) is 0. The molecule has 0 aliphatic heterocycles. The molecule has 0 amide bonds. The molecule has 13 heavy (non-hydrogen) atoms. The van der Waals surface area contributed by atoms with Crippen LogP contribution in [0.5, 0.6) is 0 Å². The van der Waals surface area contributed by atoms with Crippen LogP contribution in [0, 0.1) is 6.92 Å². The van der Waals surface area contributed by atoms with E-state index in [4.69, 9.17) is 6.92 Å². The minimum Gasteiger partial charge on any atom is -0.0616 e. The average molecular weight is 168 g/mol. The van der Waals surface area contributed by atoms with Crippen LogP contribution in [0.15, 0.2) is 42.5 Å². The second-order valence-corrected chi connectivity index (χ2v) is 3.18. The van der Waals surface area contributed by atoms with Crippen molar-refractivity contribution in [3.05, 3.63) is 55.0 Å². The summed E-state index contributed by atoms with van der Waals surface area (Å²) in [7, 11) is 0. The quantitative estimate of drug-likeness (QED) is 0.644. The zero-order chi connectivity index (χ0) is 9.10. The van der Waals surface area contributed by atoms with Crippen molar-refractivity contribution in [1.82, 2.24) is 0 Å². The summed E-state index contributed by atoms with van der Waals surface area (Å²) in [4.78, 5) is 0. The van der Waals surface area contributed by atoms with Gasteiger partial charge in [-0.1, -0.05) is 42.5 Å². The van der Waals surface area contributed by atoms with Crippen molar-refractivity contribution in [2.75, 3.05) is 0 Å². The van der Waals surface area contributed by atoms with E-state index in [0.29, 0.717) is 6.42 Å². The number of benzene rings is 2. The maximum atomic E-state index is 5.55. The summed E-state index contributed by atoms with van der Waals surface area (Å²) in [6, 6.07) is 14.8. The highest BCUT2D eigenvalue weighted by atomic mass is 14.0. The molecule has 64 valence electrons. The summed E-state index contributed by atoms with van der Waals surface area (Å²) in [6.07, 6.45) is 1.68. The van der Waals surface area contributed by atoms with Gasteiger partial charge in [-0.25, -0.2) is 0 Å². The third-order valence-electron chi connectivity index (χ3n) is 2.29. The van der Waals surface area contributed by atoms with Gasteiger partial charge in [-0.05, 0) is 36.1 Å². The van der Waals surface area contributed by atoms with Crippen molar-refractivity contribution in [3.8, 4) is 0 Å². The Bertz CT molecular complexity index is 396. The molecule has 2 aromatic carbocycles. The van der Waals surface area contributed by atoms with Crippen LogP contribution in [0.3, 0.4) is 0 Å². The summed E-state index contributed by atoms with van der Waals surface area (Å²) in [5.74, 6) is 0. The van der Waals surface area contributed by atoms with E-state index in [1.165, 1.54) is 16.3 Å². The van der Waals surface area contributed by atoms with Crippen molar-refractivity contribution in [2.45, 2.75) is 12.8 Å². The minimum absolute atomic E-state index is 0.716. The lowest BCUT2D eigenvalue weighted by molar-refractivity contribution is 1.01. The summed E-state index contributed by atoms with van der Waals surface area (Å²) >= 11 is 0. The molecule has 0 fully saturated rings. The molecule has 2 rings (SSSR count). The molecule has 0 aliphatic rings. The topological polar surface area (TPSA) is 0 Å². The average Bonchev–Trinajstić information content (AvgIpc) is 2.19. The second kappa shape index (κ2) is 3.61. The van der Waals surface area contributed by atoms with Gasteiger partial charge in [0.25, 0.3) is 0 Å². The number of aryl methyl sites for hydroxylation is 1. The van der Waals surface area contributed by atoms with Crippen molar-refractivity contribution >= 4 is 10.8 Å². The molecular weight excluding hydrogens is 156 g/mol. The van der Waals surface area contributed by atoms with Crippen LogP contribution in [-0.4, -0.2) is 0 Å². The first-order valence-corrected chi connectivity index (χ1v) is 4.58. The molecule has 0 atom stereocenters. The predicted molar refractivity (Wildman–Crippen MR) is 56.6 cm³/mol. The smallest absolute Gasteiger partial charge is 0.0152 e. The molecule has 0 saturated heterocycles. The van der Waals surface area contributed by atoms with Crippen LogP contribution in [0.1, 0.15) is 12.0 Å². The van der Waals surface area contributed by atoms with E-state index >= 15 is 0 Å². The fourth-order valence-corrected chi connectivity index (χ4v) is 1.67. The van der Waals surface area contributed by atoms with Crippen LogP contribution in [0.25, 0.3) is 10.8 Å². The van der Waals surface area contributed by atoms with Crippen molar-refractivity contribution in [3.63, 3.8) is 0 Å².